The lowest BCUT2D eigenvalue weighted by atomic mass is 9.82. The van der Waals surface area contributed by atoms with Gasteiger partial charge in [0.25, 0.3) is 0 Å². The van der Waals surface area contributed by atoms with Crippen LogP contribution < -0.4 is 16.0 Å². The Morgan fingerprint density at radius 3 is 2.53 bits per heavy atom. The fourth-order valence-electron chi connectivity index (χ4n) is 2.19. The van der Waals surface area contributed by atoms with Gasteiger partial charge in [0.2, 0.25) is 5.91 Å². The summed E-state index contributed by atoms with van der Waals surface area (Å²) in [6.07, 6.45) is 2.43. The summed E-state index contributed by atoms with van der Waals surface area (Å²) in [7, 11) is 0. The second kappa shape index (κ2) is 7.41. The number of piperidine rings is 1. The van der Waals surface area contributed by atoms with Gasteiger partial charge in [-0.1, -0.05) is 6.92 Å². The number of carbonyl (C=O) groups excluding carboxylic acids is 1. The molecule has 2 aliphatic heterocycles. The van der Waals surface area contributed by atoms with Gasteiger partial charge in [-0.05, 0) is 24.8 Å². The molecule has 4 nitrogen and oxygen atoms in total. The molecule has 0 radical (unpaired) electrons. The van der Waals surface area contributed by atoms with Crippen LogP contribution in [0.5, 0.6) is 0 Å². The summed E-state index contributed by atoms with van der Waals surface area (Å²) in [6.45, 7) is 6.90. The number of amides is 1. The SMILES string of the molecule is CC1(CNC(=O)C2CNC2)CCCNC1.Cl.Cl. The summed E-state index contributed by atoms with van der Waals surface area (Å²) in [6, 6.07) is 0. The number of carbonyl (C=O) groups is 1. The van der Waals surface area contributed by atoms with Crippen molar-refractivity contribution in [2.24, 2.45) is 11.3 Å². The van der Waals surface area contributed by atoms with Gasteiger partial charge in [-0.15, -0.1) is 24.8 Å². The first kappa shape index (κ1) is 17.0. The molecule has 0 aromatic rings. The minimum atomic E-state index is 0. The predicted molar refractivity (Wildman–Crippen MR) is 74.1 cm³/mol. The van der Waals surface area contributed by atoms with Crippen LogP contribution in [0.2, 0.25) is 0 Å². The van der Waals surface area contributed by atoms with E-state index >= 15 is 0 Å². The molecule has 6 heteroatoms. The number of hydrogen-bond acceptors (Lipinski definition) is 3. The zero-order valence-corrected chi connectivity index (χ0v) is 11.9. The van der Waals surface area contributed by atoms with Gasteiger partial charge in [0, 0.05) is 26.2 Å². The lowest BCUT2D eigenvalue weighted by Gasteiger charge is -2.35. The molecule has 1 unspecified atom stereocenters. The first-order chi connectivity index (χ1) is 7.20. The van der Waals surface area contributed by atoms with E-state index in [-0.39, 0.29) is 42.1 Å². The molecule has 0 aromatic carbocycles. The molecule has 2 rings (SSSR count). The molecule has 0 saturated carbocycles. The number of nitrogens with one attached hydrogen (secondary N) is 3. The highest BCUT2D eigenvalue weighted by Gasteiger charge is 2.30. The van der Waals surface area contributed by atoms with Crippen LogP contribution in [-0.4, -0.2) is 38.6 Å². The Balaban J connectivity index is 0.00000128. The van der Waals surface area contributed by atoms with Crippen molar-refractivity contribution in [3.05, 3.63) is 0 Å². The molecular weight excluding hydrogens is 261 g/mol. The Morgan fingerprint density at radius 2 is 2.06 bits per heavy atom. The number of rotatable bonds is 3. The Morgan fingerprint density at radius 1 is 1.35 bits per heavy atom. The van der Waals surface area contributed by atoms with Crippen LogP contribution in [-0.2, 0) is 4.79 Å². The molecule has 102 valence electrons. The van der Waals surface area contributed by atoms with Crippen molar-refractivity contribution in [1.82, 2.24) is 16.0 Å². The Hall–Kier alpha value is -0.0300. The summed E-state index contributed by atoms with van der Waals surface area (Å²) in [5, 5.41) is 9.58. The van der Waals surface area contributed by atoms with E-state index in [0.717, 1.165) is 32.7 Å². The zero-order valence-electron chi connectivity index (χ0n) is 10.3. The van der Waals surface area contributed by atoms with Crippen molar-refractivity contribution in [3.63, 3.8) is 0 Å². The van der Waals surface area contributed by atoms with E-state index in [1.54, 1.807) is 0 Å². The second-order valence-corrected chi connectivity index (χ2v) is 5.16. The highest BCUT2D eigenvalue weighted by Crippen LogP contribution is 2.24. The van der Waals surface area contributed by atoms with Gasteiger partial charge in [0.15, 0.2) is 0 Å². The van der Waals surface area contributed by atoms with Crippen molar-refractivity contribution in [2.45, 2.75) is 19.8 Å². The Kier molecular flexibility index (Phi) is 7.40. The highest BCUT2D eigenvalue weighted by atomic mass is 35.5. The zero-order chi connectivity index (χ0) is 10.7. The first-order valence-electron chi connectivity index (χ1n) is 5.89. The van der Waals surface area contributed by atoms with Gasteiger partial charge < -0.3 is 16.0 Å². The molecule has 1 amide bonds. The largest absolute Gasteiger partial charge is 0.355 e. The van der Waals surface area contributed by atoms with Crippen molar-refractivity contribution < 1.29 is 4.79 Å². The fraction of sp³-hybridized carbons (Fsp3) is 0.909. The third-order valence-corrected chi connectivity index (χ3v) is 3.53. The minimum absolute atomic E-state index is 0. The average molecular weight is 284 g/mol. The van der Waals surface area contributed by atoms with E-state index in [1.807, 2.05) is 0 Å². The topological polar surface area (TPSA) is 53.2 Å². The third-order valence-electron chi connectivity index (χ3n) is 3.53. The van der Waals surface area contributed by atoms with Crippen molar-refractivity contribution >= 4 is 30.7 Å². The monoisotopic (exact) mass is 283 g/mol. The maximum Gasteiger partial charge on any atom is 0.225 e. The third kappa shape index (κ3) is 4.62. The minimum Gasteiger partial charge on any atom is -0.355 e. The lowest BCUT2D eigenvalue weighted by molar-refractivity contribution is -0.126. The van der Waals surface area contributed by atoms with Crippen molar-refractivity contribution in [3.8, 4) is 0 Å². The molecule has 0 bridgehead atoms. The molecular formula is C11H23Cl2N3O. The molecule has 0 aromatic heterocycles. The van der Waals surface area contributed by atoms with Crippen molar-refractivity contribution in [1.29, 1.82) is 0 Å². The highest BCUT2D eigenvalue weighted by molar-refractivity contribution is 5.85. The summed E-state index contributed by atoms with van der Waals surface area (Å²) in [5.74, 6) is 0.436. The van der Waals surface area contributed by atoms with Gasteiger partial charge in [0.05, 0.1) is 5.92 Å². The van der Waals surface area contributed by atoms with E-state index in [4.69, 9.17) is 0 Å². The molecule has 2 aliphatic rings. The van der Waals surface area contributed by atoms with Crippen LogP contribution in [0.15, 0.2) is 0 Å². The van der Waals surface area contributed by atoms with E-state index in [1.165, 1.54) is 12.8 Å². The standard InChI is InChI=1S/C11H21N3O.2ClH/c1-11(3-2-4-12-7-11)8-14-10(15)9-5-13-6-9;;/h9,12-13H,2-8H2,1H3,(H,14,15);2*1H. The number of hydrogen-bond donors (Lipinski definition) is 3. The molecule has 2 heterocycles. The lowest BCUT2D eigenvalue weighted by Crippen LogP contribution is -2.53. The molecule has 1 atom stereocenters. The van der Waals surface area contributed by atoms with Crippen LogP contribution >= 0.6 is 24.8 Å². The van der Waals surface area contributed by atoms with Crippen LogP contribution in [0.4, 0.5) is 0 Å². The Labute approximate surface area is 115 Å². The fourth-order valence-corrected chi connectivity index (χ4v) is 2.19. The van der Waals surface area contributed by atoms with Gasteiger partial charge >= 0.3 is 0 Å². The van der Waals surface area contributed by atoms with Crippen LogP contribution in [0.3, 0.4) is 0 Å². The normalized spacial score (nSPS) is 28.3. The van der Waals surface area contributed by atoms with Gasteiger partial charge in [0.1, 0.15) is 0 Å². The molecule has 17 heavy (non-hydrogen) atoms. The maximum atomic E-state index is 11.6. The van der Waals surface area contributed by atoms with Crippen LogP contribution in [0, 0.1) is 11.3 Å². The van der Waals surface area contributed by atoms with Crippen LogP contribution in [0.1, 0.15) is 19.8 Å². The van der Waals surface area contributed by atoms with Gasteiger partial charge in [-0.2, -0.15) is 0 Å². The Bertz CT molecular complexity index is 241. The quantitative estimate of drug-likeness (QED) is 0.709. The molecule has 2 fully saturated rings. The van der Waals surface area contributed by atoms with Crippen LogP contribution in [0.25, 0.3) is 0 Å². The molecule has 0 aliphatic carbocycles. The van der Waals surface area contributed by atoms with E-state index in [9.17, 15) is 4.79 Å². The van der Waals surface area contributed by atoms with E-state index < -0.39 is 0 Å². The smallest absolute Gasteiger partial charge is 0.225 e. The van der Waals surface area contributed by atoms with Crippen molar-refractivity contribution in [2.75, 3.05) is 32.7 Å². The van der Waals surface area contributed by atoms with Gasteiger partial charge in [-0.3, -0.25) is 4.79 Å². The molecule has 2 saturated heterocycles. The first-order valence-corrected chi connectivity index (χ1v) is 5.89. The molecule has 0 spiro atoms. The number of halogens is 2. The summed E-state index contributed by atoms with van der Waals surface area (Å²) in [4.78, 5) is 11.6. The van der Waals surface area contributed by atoms with Gasteiger partial charge in [-0.25, -0.2) is 0 Å². The van der Waals surface area contributed by atoms with E-state index in [2.05, 4.69) is 22.9 Å². The maximum absolute atomic E-state index is 11.6. The van der Waals surface area contributed by atoms with E-state index in [0.29, 0.717) is 0 Å². The second-order valence-electron chi connectivity index (χ2n) is 5.16. The summed E-state index contributed by atoms with van der Waals surface area (Å²) in [5.41, 5.74) is 0.255. The molecule has 3 N–H and O–H groups in total. The predicted octanol–water partition coefficient (Wildman–Crippen LogP) is 0.555. The summed E-state index contributed by atoms with van der Waals surface area (Å²) >= 11 is 0. The average Bonchev–Trinajstić information content (AvgIpc) is 2.14. The summed E-state index contributed by atoms with van der Waals surface area (Å²) < 4.78 is 0.